The summed E-state index contributed by atoms with van der Waals surface area (Å²) < 4.78 is 7.46. The van der Waals surface area contributed by atoms with E-state index in [0.717, 1.165) is 12.1 Å². The third-order valence-corrected chi connectivity index (χ3v) is 4.57. The summed E-state index contributed by atoms with van der Waals surface area (Å²) in [6.07, 6.45) is 2.89. The lowest BCUT2D eigenvalue weighted by Gasteiger charge is -2.08. The van der Waals surface area contributed by atoms with Crippen molar-refractivity contribution in [3.8, 4) is 5.75 Å². The average Bonchev–Trinajstić information content (AvgIpc) is 2.90. The molecule has 0 aliphatic carbocycles. The van der Waals surface area contributed by atoms with Crippen molar-refractivity contribution in [2.24, 2.45) is 5.92 Å². The third kappa shape index (κ3) is 3.59. The SMILES string of the molecule is COc1ccc(Cc2cn(CC(C)C)c3ccc(C)cc23)cc1C(=O)O. The van der Waals surface area contributed by atoms with Gasteiger partial charge in [-0.1, -0.05) is 31.5 Å². The predicted molar refractivity (Wildman–Crippen MR) is 104 cm³/mol. The number of aromatic nitrogens is 1. The first-order valence-electron chi connectivity index (χ1n) is 8.87. The number of carbonyl (C=O) groups is 1. The Morgan fingerprint density at radius 2 is 1.96 bits per heavy atom. The number of hydrogen-bond donors (Lipinski definition) is 1. The van der Waals surface area contributed by atoms with Crippen molar-refractivity contribution in [3.05, 3.63) is 64.8 Å². The largest absolute Gasteiger partial charge is 0.496 e. The number of ether oxygens (including phenoxy) is 1. The lowest BCUT2D eigenvalue weighted by molar-refractivity contribution is 0.0693. The Labute approximate surface area is 154 Å². The molecular formula is C22H25NO3. The van der Waals surface area contributed by atoms with E-state index in [4.69, 9.17) is 4.74 Å². The van der Waals surface area contributed by atoms with Crippen LogP contribution in [0.1, 0.15) is 40.9 Å². The van der Waals surface area contributed by atoms with Crippen molar-refractivity contribution in [2.45, 2.75) is 33.7 Å². The molecule has 0 spiro atoms. The summed E-state index contributed by atoms with van der Waals surface area (Å²) in [5.74, 6) is -0.0273. The number of aromatic carboxylic acids is 1. The van der Waals surface area contributed by atoms with E-state index >= 15 is 0 Å². The average molecular weight is 351 g/mol. The summed E-state index contributed by atoms with van der Waals surface area (Å²) in [5, 5.41) is 10.6. The molecule has 0 unspecified atom stereocenters. The highest BCUT2D eigenvalue weighted by Gasteiger charge is 2.14. The first kappa shape index (κ1) is 18.1. The van der Waals surface area contributed by atoms with E-state index in [1.54, 1.807) is 12.1 Å². The van der Waals surface area contributed by atoms with Gasteiger partial charge in [-0.15, -0.1) is 0 Å². The molecule has 1 aromatic heterocycles. The fraction of sp³-hybridized carbons (Fsp3) is 0.318. The van der Waals surface area contributed by atoms with Gasteiger partial charge in [0.25, 0.3) is 0 Å². The van der Waals surface area contributed by atoms with Gasteiger partial charge in [0, 0.05) is 23.6 Å². The molecule has 0 bridgehead atoms. The molecule has 3 aromatic rings. The van der Waals surface area contributed by atoms with Gasteiger partial charge in [0.2, 0.25) is 0 Å². The number of carboxylic acid groups (broad SMARTS) is 1. The van der Waals surface area contributed by atoms with E-state index in [1.165, 1.54) is 29.1 Å². The smallest absolute Gasteiger partial charge is 0.339 e. The van der Waals surface area contributed by atoms with E-state index in [1.807, 2.05) is 6.07 Å². The molecule has 26 heavy (non-hydrogen) atoms. The summed E-state index contributed by atoms with van der Waals surface area (Å²) in [5.41, 5.74) is 4.83. The molecule has 4 nitrogen and oxygen atoms in total. The minimum absolute atomic E-state index is 0.201. The Balaban J connectivity index is 2.04. The van der Waals surface area contributed by atoms with Crippen LogP contribution in [0, 0.1) is 12.8 Å². The molecule has 0 aliphatic heterocycles. The van der Waals surface area contributed by atoms with Gasteiger partial charge < -0.3 is 14.4 Å². The Morgan fingerprint density at radius 1 is 1.19 bits per heavy atom. The van der Waals surface area contributed by atoms with Crippen molar-refractivity contribution in [3.63, 3.8) is 0 Å². The molecule has 0 radical (unpaired) electrons. The second kappa shape index (κ2) is 7.24. The Bertz CT molecular complexity index is 953. The van der Waals surface area contributed by atoms with Crippen LogP contribution in [-0.4, -0.2) is 22.8 Å². The standard InChI is InChI=1S/C22H25NO3/c1-14(2)12-23-13-17(18-9-15(3)5-7-20(18)23)10-16-6-8-21(26-4)19(11-16)22(24)25/h5-9,11,13-14H,10,12H2,1-4H3,(H,24,25). The lowest BCUT2D eigenvalue weighted by Crippen LogP contribution is -2.03. The number of hydrogen-bond acceptors (Lipinski definition) is 2. The molecule has 2 aromatic carbocycles. The van der Waals surface area contributed by atoms with Gasteiger partial charge in [-0.2, -0.15) is 0 Å². The minimum atomic E-state index is -0.971. The van der Waals surface area contributed by atoms with Crippen molar-refractivity contribution in [1.82, 2.24) is 4.57 Å². The van der Waals surface area contributed by atoms with E-state index < -0.39 is 5.97 Å². The highest BCUT2D eigenvalue weighted by Crippen LogP contribution is 2.28. The van der Waals surface area contributed by atoms with E-state index in [-0.39, 0.29) is 5.56 Å². The molecule has 1 N–H and O–H groups in total. The van der Waals surface area contributed by atoms with Crippen molar-refractivity contribution >= 4 is 16.9 Å². The van der Waals surface area contributed by atoms with Crippen LogP contribution in [0.15, 0.2) is 42.6 Å². The maximum atomic E-state index is 11.5. The molecule has 0 amide bonds. The summed E-state index contributed by atoms with van der Waals surface area (Å²) >= 11 is 0. The summed E-state index contributed by atoms with van der Waals surface area (Å²) in [6, 6.07) is 11.9. The van der Waals surface area contributed by atoms with Crippen molar-refractivity contribution in [2.75, 3.05) is 7.11 Å². The van der Waals surface area contributed by atoms with Crippen LogP contribution in [0.3, 0.4) is 0 Å². The number of methoxy groups -OCH3 is 1. The number of benzene rings is 2. The third-order valence-electron chi connectivity index (χ3n) is 4.57. The van der Waals surface area contributed by atoms with Crippen LogP contribution in [-0.2, 0) is 13.0 Å². The van der Waals surface area contributed by atoms with E-state index in [0.29, 0.717) is 18.1 Å². The normalized spacial score (nSPS) is 11.3. The minimum Gasteiger partial charge on any atom is -0.496 e. The quantitative estimate of drug-likeness (QED) is 0.687. The Kier molecular flexibility index (Phi) is 5.03. The number of nitrogens with zero attached hydrogens (tertiary/aromatic N) is 1. The Morgan fingerprint density at radius 3 is 2.62 bits per heavy atom. The van der Waals surface area contributed by atoms with Gasteiger partial charge in [0.1, 0.15) is 11.3 Å². The summed E-state index contributed by atoms with van der Waals surface area (Å²) in [6.45, 7) is 7.48. The maximum Gasteiger partial charge on any atom is 0.339 e. The van der Waals surface area contributed by atoms with Gasteiger partial charge in [0.15, 0.2) is 0 Å². The summed E-state index contributed by atoms with van der Waals surface area (Å²) in [4.78, 5) is 11.5. The van der Waals surface area contributed by atoms with Crippen molar-refractivity contribution < 1.29 is 14.6 Å². The molecule has 0 aliphatic rings. The van der Waals surface area contributed by atoms with Crippen LogP contribution in [0.25, 0.3) is 10.9 Å². The molecule has 3 rings (SSSR count). The van der Waals surface area contributed by atoms with Gasteiger partial charge in [-0.3, -0.25) is 0 Å². The topological polar surface area (TPSA) is 51.5 Å². The van der Waals surface area contributed by atoms with E-state index in [2.05, 4.69) is 49.7 Å². The molecule has 4 heteroatoms. The highest BCUT2D eigenvalue weighted by molar-refractivity contribution is 5.91. The van der Waals surface area contributed by atoms with Crippen LogP contribution in [0.4, 0.5) is 0 Å². The molecule has 0 saturated heterocycles. The number of rotatable bonds is 6. The molecular weight excluding hydrogens is 326 g/mol. The molecule has 0 atom stereocenters. The summed E-state index contributed by atoms with van der Waals surface area (Å²) in [7, 11) is 1.49. The zero-order valence-corrected chi connectivity index (χ0v) is 15.7. The molecule has 1 heterocycles. The van der Waals surface area contributed by atoms with Gasteiger partial charge in [-0.25, -0.2) is 4.79 Å². The fourth-order valence-electron chi connectivity index (χ4n) is 3.42. The second-order valence-corrected chi connectivity index (χ2v) is 7.24. The number of carboxylic acids is 1. The predicted octanol–water partition coefficient (Wildman–Crippen LogP) is 4.90. The zero-order chi connectivity index (χ0) is 18.8. The fourth-order valence-corrected chi connectivity index (χ4v) is 3.42. The Hall–Kier alpha value is -2.75. The first-order chi connectivity index (χ1) is 12.4. The lowest BCUT2D eigenvalue weighted by atomic mass is 10.0. The van der Waals surface area contributed by atoms with Gasteiger partial charge in [-0.05, 0) is 54.7 Å². The van der Waals surface area contributed by atoms with Crippen LogP contribution >= 0.6 is 0 Å². The highest BCUT2D eigenvalue weighted by atomic mass is 16.5. The van der Waals surface area contributed by atoms with E-state index in [9.17, 15) is 9.90 Å². The van der Waals surface area contributed by atoms with Crippen molar-refractivity contribution in [1.29, 1.82) is 0 Å². The second-order valence-electron chi connectivity index (χ2n) is 7.24. The maximum absolute atomic E-state index is 11.5. The zero-order valence-electron chi connectivity index (χ0n) is 15.7. The molecule has 0 saturated carbocycles. The monoisotopic (exact) mass is 351 g/mol. The van der Waals surface area contributed by atoms with Crippen LogP contribution in [0.2, 0.25) is 0 Å². The van der Waals surface area contributed by atoms with Crippen LogP contribution < -0.4 is 4.74 Å². The van der Waals surface area contributed by atoms with Crippen LogP contribution in [0.5, 0.6) is 5.75 Å². The molecule has 136 valence electrons. The number of aryl methyl sites for hydroxylation is 1. The number of fused-ring (bicyclic) bond motifs is 1. The van der Waals surface area contributed by atoms with Gasteiger partial charge >= 0.3 is 5.97 Å². The first-order valence-corrected chi connectivity index (χ1v) is 8.87. The molecule has 0 fully saturated rings. The van der Waals surface area contributed by atoms with Gasteiger partial charge in [0.05, 0.1) is 7.11 Å².